The summed E-state index contributed by atoms with van der Waals surface area (Å²) < 4.78 is 5.43. The molecule has 100 valence electrons. The zero-order valence-electron chi connectivity index (χ0n) is 12.1. The van der Waals surface area contributed by atoms with Gasteiger partial charge in [-0.1, -0.05) is 40.0 Å². The minimum Gasteiger partial charge on any atom is -0.384 e. The molecule has 0 heterocycles. The van der Waals surface area contributed by atoms with Gasteiger partial charge in [0.1, 0.15) is 5.78 Å². The third-order valence-electron chi connectivity index (χ3n) is 4.64. The second-order valence-corrected chi connectivity index (χ2v) is 6.55. The summed E-state index contributed by atoms with van der Waals surface area (Å²) in [6.45, 7) is 8.86. The van der Waals surface area contributed by atoms with Crippen LogP contribution in [0.15, 0.2) is 0 Å². The molecule has 2 nitrogen and oxygen atoms in total. The summed E-state index contributed by atoms with van der Waals surface area (Å²) in [6, 6.07) is 0. The SMILES string of the molecule is COCC(C(C)=O)(C1CCCCC1)C(C)(C)C. The van der Waals surface area contributed by atoms with E-state index in [2.05, 4.69) is 20.8 Å². The fraction of sp³-hybridized carbons (Fsp3) is 0.933. The molecule has 1 atom stereocenters. The molecule has 17 heavy (non-hydrogen) atoms. The van der Waals surface area contributed by atoms with Gasteiger partial charge in [-0.2, -0.15) is 0 Å². The van der Waals surface area contributed by atoms with Crippen molar-refractivity contribution in [1.82, 2.24) is 0 Å². The molecule has 1 aliphatic carbocycles. The van der Waals surface area contributed by atoms with E-state index >= 15 is 0 Å². The molecule has 0 radical (unpaired) electrons. The molecule has 2 heteroatoms. The third-order valence-corrected chi connectivity index (χ3v) is 4.64. The fourth-order valence-electron chi connectivity index (χ4n) is 3.69. The topological polar surface area (TPSA) is 26.3 Å². The lowest BCUT2D eigenvalue weighted by molar-refractivity contribution is -0.147. The minimum absolute atomic E-state index is 0.0309. The van der Waals surface area contributed by atoms with Crippen LogP contribution in [0.3, 0.4) is 0 Å². The molecule has 0 amide bonds. The van der Waals surface area contributed by atoms with Gasteiger partial charge in [0.25, 0.3) is 0 Å². The summed E-state index contributed by atoms with van der Waals surface area (Å²) in [4.78, 5) is 12.3. The Bertz CT molecular complexity index is 259. The van der Waals surface area contributed by atoms with Crippen LogP contribution in [0.4, 0.5) is 0 Å². The Labute approximate surface area is 106 Å². The quantitative estimate of drug-likeness (QED) is 0.746. The minimum atomic E-state index is -0.303. The van der Waals surface area contributed by atoms with Crippen molar-refractivity contribution in [1.29, 1.82) is 0 Å². The van der Waals surface area contributed by atoms with Gasteiger partial charge < -0.3 is 4.74 Å². The van der Waals surface area contributed by atoms with Gasteiger partial charge in [-0.15, -0.1) is 0 Å². The van der Waals surface area contributed by atoms with Crippen molar-refractivity contribution in [2.45, 2.75) is 59.8 Å². The van der Waals surface area contributed by atoms with Crippen LogP contribution in [0.1, 0.15) is 59.8 Å². The number of carbonyl (C=O) groups excluding carboxylic acids is 1. The number of hydrogen-bond donors (Lipinski definition) is 0. The highest BCUT2D eigenvalue weighted by atomic mass is 16.5. The predicted octanol–water partition coefficient (Wildman–Crippen LogP) is 3.83. The molecular formula is C15H28O2. The summed E-state index contributed by atoms with van der Waals surface area (Å²) in [5, 5.41) is 0. The van der Waals surface area contributed by atoms with E-state index in [4.69, 9.17) is 4.74 Å². The molecule has 1 fully saturated rings. The van der Waals surface area contributed by atoms with E-state index in [0.29, 0.717) is 18.3 Å². The molecular weight excluding hydrogens is 212 g/mol. The highest BCUT2D eigenvalue weighted by molar-refractivity contribution is 5.83. The summed E-state index contributed by atoms with van der Waals surface area (Å²) in [5.74, 6) is 0.799. The van der Waals surface area contributed by atoms with Gasteiger partial charge in [-0.05, 0) is 31.1 Å². The molecule has 0 N–H and O–H groups in total. The van der Waals surface area contributed by atoms with Crippen LogP contribution >= 0.6 is 0 Å². The second-order valence-electron chi connectivity index (χ2n) is 6.55. The number of rotatable bonds is 4. The molecule has 0 aliphatic heterocycles. The lowest BCUT2D eigenvalue weighted by Crippen LogP contribution is -2.51. The molecule has 0 saturated heterocycles. The summed E-state index contributed by atoms with van der Waals surface area (Å²) in [7, 11) is 1.71. The van der Waals surface area contributed by atoms with Crippen molar-refractivity contribution in [3.63, 3.8) is 0 Å². The van der Waals surface area contributed by atoms with Crippen molar-refractivity contribution in [3.05, 3.63) is 0 Å². The van der Waals surface area contributed by atoms with Crippen LogP contribution < -0.4 is 0 Å². The van der Waals surface area contributed by atoms with Crippen molar-refractivity contribution >= 4 is 5.78 Å². The van der Waals surface area contributed by atoms with Gasteiger partial charge in [-0.3, -0.25) is 4.79 Å². The van der Waals surface area contributed by atoms with Gasteiger partial charge in [-0.25, -0.2) is 0 Å². The monoisotopic (exact) mass is 240 g/mol. The first-order valence-electron chi connectivity index (χ1n) is 6.86. The second kappa shape index (κ2) is 5.51. The molecule has 0 spiro atoms. The van der Waals surface area contributed by atoms with E-state index in [9.17, 15) is 4.79 Å². The van der Waals surface area contributed by atoms with Crippen LogP contribution in [0.2, 0.25) is 0 Å². The summed E-state index contributed by atoms with van der Waals surface area (Å²) >= 11 is 0. The van der Waals surface area contributed by atoms with Gasteiger partial charge in [0, 0.05) is 7.11 Å². The van der Waals surface area contributed by atoms with Crippen molar-refractivity contribution < 1.29 is 9.53 Å². The molecule has 1 saturated carbocycles. The first kappa shape index (κ1) is 14.7. The number of hydrogen-bond acceptors (Lipinski definition) is 2. The number of Topliss-reactive ketones (excluding diaryl/α,β-unsaturated/α-hetero) is 1. The lowest BCUT2D eigenvalue weighted by atomic mass is 9.55. The summed E-state index contributed by atoms with van der Waals surface area (Å²) in [5.41, 5.74) is -0.334. The standard InChI is InChI=1S/C15H28O2/c1-12(16)15(11-17-5,14(2,3)4)13-9-7-6-8-10-13/h13H,6-11H2,1-5H3. The van der Waals surface area contributed by atoms with Gasteiger partial charge >= 0.3 is 0 Å². The molecule has 0 aromatic heterocycles. The largest absolute Gasteiger partial charge is 0.384 e. The molecule has 0 bridgehead atoms. The fourth-order valence-corrected chi connectivity index (χ4v) is 3.69. The Morgan fingerprint density at radius 2 is 1.71 bits per heavy atom. The van der Waals surface area contributed by atoms with Crippen LogP contribution in [0, 0.1) is 16.7 Å². The van der Waals surface area contributed by atoms with Crippen LogP contribution in [0.5, 0.6) is 0 Å². The van der Waals surface area contributed by atoms with E-state index in [1.54, 1.807) is 14.0 Å². The zero-order valence-corrected chi connectivity index (χ0v) is 12.1. The molecule has 1 aliphatic rings. The van der Waals surface area contributed by atoms with Gasteiger partial charge in [0.15, 0.2) is 0 Å². The Hall–Kier alpha value is -0.370. The number of methoxy groups -OCH3 is 1. The highest BCUT2D eigenvalue weighted by Crippen LogP contribution is 2.50. The van der Waals surface area contributed by atoms with E-state index < -0.39 is 0 Å². The Balaban J connectivity index is 3.09. The maximum absolute atomic E-state index is 12.3. The number of ether oxygens (including phenoxy) is 1. The van der Waals surface area contributed by atoms with Crippen molar-refractivity contribution in [3.8, 4) is 0 Å². The van der Waals surface area contributed by atoms with Crippen LogP contribution in [-0.2, 0) is 9.53 Å². The Morgan fingerprint density at radius 3 is 2.06 bits per heavy atom. The van der Waals surface area contributed by atoms with Crippen LogP contribution in [-0.4, -0.2) is 19.5 Å². The van der Waals surface area contributed by atoms with Crippen molar-refractivity contribution in [2.24, 2.45) is 16.7 Å². The molecule has 1 unspecified atom stereocenters. The lowest BCUT2D eigenvalue weighted by Gasteiger charge is -2.49. The highest BCUT2D eigenvalue weighted by Gasteiger charge is 2.51. The Morgan fingerprint density at radius 1 is 1.18 bits per heavy atom. The molecule has 0 aromatic rings. The predicted molar refractivity (Wildman–Crippen MR) is 71.0 cm³/mol. The Kier molecular flexibility index (Phi) is 4.77. The van der Waals surface area contributed by atoms with Crippen molar-refractivity contribution in [2.75, 3.05) is 13.7 Å². The maximum atomic E-state index is 12.3. The van der Waals surface area contributed by atoms with E-state index in [-0.39, 0.29) is 10.8 Å². The van der Waals surface area contributed by atoms with E-state index in [1.165, 1.54) is 32.1 Å². The van der Waals surface area contributed by atoms with E-state index in [1.807, 2.05) is 0 Å². The smallest absolute Gasteiger partial charge is 0.139 e. The first-order valence-corrected chi connectivity index (χ1v) is 6.86. The average Bonchev–Trinajstić information content (AvgIpc) is 2.24. The van der Waals surface area contributed by atoms with Gasteiger partial charge in [0.05, 0.1) is 12.0 Å². The first-order chi connectivity index (χ1) is 7.86. The summed E-state index contributed by atoms with van der Waals surface area (Å²) in [6.07, 6.45) is 6.21. The number of carbonyl (C=O) groups is 1. The maximum Gasteiger partial charge on any atom is 0.139 e. The van der Waals surface area contributed by atoms with Gasteiger partial charge in [0.2, 0.25) is 0 Å². The molecule has 0 aromatic carbocycles. The zero-order chi connectivity index (χ0) is 13.1. The van der Waals surface area contributed by atoms with E-state index in [0.717, 1.165) is 0 Å². The number of ketones is 1. The third kappa shape index (κ3) is 2.73. The molecule has 1 rings (SSSR count). The van der Waals surface area contributed by atoms with Crippen LogP contribution in [0.25, 0.3) is 0 Å². The normalized spacial score (nSPS) is 22.2. The average molecular weight is 240 g/mol.